The summed E-state index contributed by atoms with van der Waals surface area (Å²) in [5.74, 6) is -1.82. The maximum atomic E-state index is 12.1. The number of carbonyl (C=O) groups excluding carboxylic acids is 2. The molecule has 1 aromatic carbocycles. The molecular formula is C21H32ClN5O7. The molecule has 1 aromatic rings. The molecule has 0 radical (unpaired) electrons. The summed E-state index contributed by atoms with van der Waals surface area (Å²) in [6.07, 6.45) is -0.298. The molecule has 2 rings (SSSR count). The minimum atomic E-state index is -1.16. The number of nitrogens with one attached hydrogen (secondary N) is 2. The molecule has 0 unspecified atom stereocenters. The number of halogens is 1. The zero-order valence-electron chi connectivity index (χ0n) is 18.8. The van der Waals surface area contributed by atoms with Crippen LogP contribution in [0.5, 0.6) is 5.75 Å². The van der Waals surface area contributed by atoms with Gasteiger partial charge in [0.1, 0.15) is 24.0 Å². The maximum absolute atomic E-state index is 12.1. The van der Waals surface area contributed by atoms with E-state index < -0.39 is 36.1 Å². The number of β-amino-alcohol motifs (C(OH)–C–C–N with tert-alkyl or cyclic N) is 1. The van der Waals surface area contributed by atoms with Gasteiger partial charge in [-0.1, -0.05) is 12.1 Å². The van der Waals surface area contributed by atoms with Crippen LogP contribution in [0.2, 0.25) is 0 Å². The lowest BCUT2D eigenvalue weighted by atomic mass is 10.0. The zero-order valence-corrected chi connectivity index (χ0v) is 19.6. The van der Waals surface area contributed by atoms with Gasteiger partial charge in [-0.15, -0.1) is 12.4 Å². The van der Waals surface area contributed by atoms with Gasteiger partial charge in [-0.3, -0.25) is 14.6 Å². The van der Waals surface area contributed by atoms with Crippen molar-refractivity contribution in [2.45, 2.75) is 50.5 Å². The highest BCUT2D eigenvalue weighted by atomic mass is 35.5. The number of nitrogens with two attached hydrogens (primary N) is 2. The van der Waals surface area contributed by atoms with Gasteiger partial charge in [0, 0.05) is 20.0 Å². The van der Waals surface area contributed by atoms with Crippen molar-refractivity contribution in [3.63, 3.8) is 0 Å². The van der Waals surface area contributed by atoms with Crippen molar-refractivity contribution in [3.05, 3.63) is 29.8 Å². The van der Waals surface area contributed by atoms with Gasteiger partial charge in [0.05, 0.1) is 6.04 Å². The van der Waals surface area contributed by atoms with E-state index in [0.29, 0.717) is 25.1 Å². The van der Waals surface area contributed by atoms with Gasteiger partial charge < -0.3 is 41.8 Å². The first kappa shape index (κ1) is 28.9. The second-order valence-corrected chi connectivity index (χ2v) is 7.70. The molecule has 1 fully saturated rings. The van der Waals surface area contributed by atoms with E-state index in [1.165, 1.54) is 6.92 Å². The monoisotopic (exact) mass is 501 g/mol. The van der Waals surface area contributed by atoms with Crippen LogP contribution in [-0.2, 0) is 25.5 Å². The summed E-state index contributed by atoms with van der Waals surface area (Å²) in [7, 11) is 0. The van der Waals surface area contributed by atoms with E-state index in [1.807, 2.05) is 0 Å². The van der Waals surface area contributed by atoms with Crippen molar-refractivity contribution in [2.75, 3.05) is 19.7 Å². The summed E-state index contributed by atoms with van der Waals surface area (Å²) in [5.41, 5.74) is 11.4. The van der Waals surface area contributed by atoms with Crippen molar-refractivity contribution in [2.24, 2.45) is 16.5 Å². The predicted octanol–water partition coefficient (Wildman–Crippen LogP) is -1.08. The van der Waals surface area contributed by atoms with Gasteiger partial charge in [-0.05, 0) is 37.0 Å². The molecule has 1 saturated heterocycles. The number of hydrogen-bond acceptors (Lipinski definition) is 8. The van der Waals surface area contributed by atoms with Crippen molar-refractivity contribution < 1.29 is 34.1 Å². The van der Waals surface area contributed by atoms with E-state index in [9.17, 15) is 24.6 Å². The summed E-state index contributed by atoms with van der Waals surface area (Å²) < 4.78 is 10.6. The van der Waals surface area contributed by atoms with Crippen LogP contribution in [0.3, 0.4) is 0 Å². The molecule has 12 nitrogen and oxygen atoms in total. The number of nitrogens with zero attached hydrogens (tertiary/aromatic N) is 1. The second-order valence-electron chi connectivity index (χ2n) is 7.70. The number of aliphatic carboxylic acids is 1. The number of hydrogen-bond donors (Lipinski definition) is 6. The van der Waals surface area contributed by atoms with Crippen LogP contribution in [0.1, 0.15) is 25.3 Å². The smallest absolute Gasteiger partial charge is 0.326 e. The number of aliphatic hydroxyl groups excluding tert-OH is 1. The van der Waals surface area contributed by atoms with Crippen LogP contribution in [0.15, 0.2) is 29.3 Å². The lowest BCUT2D eigenvalue weighted by Gasteiger charge is -2.21. The third kappa shape index (κ3) is 9.81. The Morgan fingerprint density at radius 1 is 1.26 bits per heavy atom. The van der Waals surface area contributed by atoms with E-state index in [4.69, 9.17) is 20.9 Å². The van der Waals surface area contributed by atoms with Gasteiger partial charge in [0.2, 0.25) is 0 Å². The highest BCUT2D eigenvalue weighted by Gasteiger charge is 2.37. The highest BCUT2D eigenvalue weighted by Crippen LogP contribution is 2.19. The average molecular weight is 502 g/mol. The Kier molecular flexibility index (Phi) is 12.1. The number of esters is 1. The Morgan fingerprint density at radius 3 is 2.53 bits per heavy atom. The standard InChI is InChI=1S/C21H31N5O7.ClH/c1-12(27)33-19-16(25-10-17(19)28)9-13-4-6-14(7-5-13)32-11-18(29)26-15(20(30)31)3-2-8-24-21(22)23;/h4-7,15-17,19,25,28H,2-3,8-11H2,1H3,(H,26,29)(H,30,31)(H4,22,23,24);1H/t15-,16+,17-,19-;/m0./s1. The highest BCUT2D eigenvalue weighted by molar-refractivity contribution is 5.85. The number of benzene rings is 1. The molecule has 190 valence electrons. The fourth-order valence-electron chi connectivity index (χ4n) is 3.43. The SMILES string of the molecule is CC(=O)O[C@@H]1[C@@H](O)CN[C@@H]1Cc1ccc(OCC(=O)N[C@@H](CCCN=C(N)N)C(=O)O)cc1.Cl. The molecule has 0 aliphatic carbocycles. The largest absolute Gasteiger partial charge is 0.484 e. The Morgan fingerprint density at radius 2 is 1.94 bits per heavy atom. The normalized spacial score (nSPS) is 19.9. The number of amides is 1. The van der Waals surface area contributed by atoms with Crippen molar-refractivity contribution in [1.29, 1.82) is 0 Å². The van der Waals surface area contributed by atoms with Crippen LogP contribution >= 0.6 is 12.4 Å². The number of carboxylic acids is 1. The predicted molar refractivity (Wildman–Crippen MR) is 126 cm³/mol. The fraction of sp³-hybridized carbons (Fsp3) is 0.524. The summed E-state index contributed by atoms with van der Waals surface area (Å²) >= 11 is 0. The van der Waals surface area contributed by atoms with Crippen LogP contribution in [0, 0.1) is 0 Å². The lowest BCUT2D eigenvalue weighted by molar-refractivity contribution is -0.151. The number of guanidine groups is 1. The third-order valence-corrected chi connectivity index (χ3v) is 4.99. The van der Waals surface area contributed by atoms with Gasteiger partial charge >= 0.3 is 11.9 Å². The first-order valence-electron chi connectivity index (χ1n) is 10.5. The van der Waals surface area contributed by atoms with Gasteiger partial charge in [0.25, 0.3) is 5.91 Å². The van der Waals surface area contributed by atoms with Gasteiger partial charge in [-0.25, -0.2) is 4.79 Å². The van der Waals surface area contributed by atoms with Crippen LogP contribution < -0.4 is 26.8 Å². The molecule has 1 aliphatic heterocycles. The Hall–Kier alpha value is -3.09. The zero-order chi connectivity index (χ0) is 24.4. The van der Waals surface area contributed by atoms with E-state index in [1.54, 1.807) is 24.3 Å². The number of aliphatic hydroxyl groups is 1. The molecule has 1 heterocycles. The average Bonchev–Trinajstić information content (AvgIpc) is 3.08. The molecule has 13 heteroatoms. The molecule has 0 aromatic heterocycles. The molecule has 1 amide bonds. The maximum Gasteiger partial charge on any atom is 0.326 e. The van der Waals surface area contributed by atoms with E-state index in [2.05, 4.69) is 15.6 Å². The van der Waals surface area contributed by atoms with E-state index in [-0.39, 0.29) is 44.0 Å². The minimum absolute atomic E-state index is 0. The van der Waals surface area contributed by atoms with E-state index in [0.717, 1.165) is 5.56 Å². The number of rotatable bonds is 12. The van der Waals surface area contributed by atoms with Crippen LogP contribution in [0.25, 0.3) is 0 Å². The molecule has 4 atom stereocenters. The lowest BCUT2D eigenvalue weighted by Crippen LogP contribution is -2.43. The Balaban J connectivity index is 0.00000578. The molecule has 0 saturated carbocycles. The summed E-state index contributed by atoms with van der Waals surface area (Å²) in [4.78, 5) is 38.4. The summed E-state index contributed by atoms with van der Waals surface area (Å²) in [6.45, 7) is 1.56. The van der Waals surface area contributed by atoms with Gasteiger partial charge in [-0.2, -0.15) is 0 Å². The van der Waals surface area contributed by atoms with Crippen LogP contribution in [-0.4, -0.2) is 78.0 Å². The Labute approximate surface area is 203 Å². The molecule has 1 aliphatic rings. The van der Waals surface area contributed by atoms with Crippen molar-refractivity contribution in [3.8, 4) is 5.75 Å². The molecule has 34 heavy (non-hydrogen) atoms. The van der Waals surface area contributed by atoms with Crippen molar-refractivity contribution >= 4 is 36.2 Å². The van der Waals surface area contributed by atoms with Gasteiger partial charge in [0.15, 0.2) is 12.6 Å². The fourth-order valence-corrected chi connectivity index (χ4v) is 3.43. The molecular weight excluding hydrogens is 470 g/mol. The first-order valence-corrected chi connectivity index (χ1v) is 10.5. The Bertz CT molecular complexity index is 848. The number of ether oxygens (including phenoxy) is 2. The quantitative estimate of drug-likeness (QED) is 0.0885. The second kappa shape index (κ2) is 14.2. The minimum Gasteiger partial charge on any atom is -0.484 e. The molecule has 0 spiro atoms. The van der Waals surface area contributed by atoms with E-state index >= 15 is 0 Å². The summed E-state index contributed by atoms with van der Waals surface area (Å²) in [6, 6.07) is 5.67. The number of carboxylic acid groups (broad SMARTS) is 1. The number of aliphatic imine (C=N–C) groups is 1. The number of carbonyl (C=O) groups is 3. The topological polar surface area (TPSA) is 199 Å². The van der Waals surface area contributed by atoms with Crippen molar-refractivity contribution in [1.82, 2.24) is 10.6 Å². The third-order valence-electron chi connectivity index (χ3n) is 4.99. The van der Waals surface area contributed by atoms with Crippen LogP contribution in [0.4, 0.5) is 0 Å². The molecule has 0 bridgehead atoms. The summed E-state index contributed by atoms with van der Waals surface area (Å²) in [5, 5.41) is 24.8. The first-order chi connectivity index (χ1) is 15.7. The molecule has 8 N–H and O–H groups in total.